The lowest BCUT2D eigenvalue weighted by Crippen LogP contribution is -2.40. The molecule has 0 spiro atoms. The van der Waals surface area contributed by atoms with E-state index >= 15 is 0 Å². The molecule has 3 heterocycles. The van der Waals surface area contributed by atoms with E-state index in [0.717, 1.165) is 23.9 Å². The molecule has 2 aromatic heterocycles. The Hall–Kier alpha value is -2.67. The molecule has 1 fully saturated rings. The fraction of sp³-hybridized carbons (Fsp3) is 0.522. The maximum absolute atomic E-state index is 12.5. The van der Waals surface area contributed by atoms with Crippen molar-refractivity contribution in [1.29, 1.82) is 0 Å². The van der Waals surface area contributed by atoms with Gasteiger partial charge in [0, 0.05) is 24.5 Å². The van der Waals surface area contributed by atoms with Crippen LogP contribution >= 0.6 is 0 Å². The molecule has 160 valence electrons. The molecule has 30 heavy (non-hydrogen) atoms. The summed E-state index contributed by atoms with van der Waals surface area (Å²) in [5, 5.41) is 8.49. The highest BCUT2D eigenvalue weighted by atomic mass is 16.4. The van der Waals surface area contributed by atoms with Gasteiger partial charge in [0.1, 0.15) is 17.5 Å². The lowest BCUT2D eigenvalue weighted by molar-refractivity contribution is -0.121. The van der Waals surface area contributed by atoms with Crippen LogP contribution in [-0.2, 0) is 11.3 Å². The number of nitrogens with one attached hydrogen (secondary N) is 1. The van der Waals surface area contributed by atoms with Gasteiger partial charge in [0.2, 0.25) is 5.91 Å². The van der Waals surface area contributed by atoms with Crippen molar-refractivity contribution in [2.45, 2.75) is 58.5 Å². The third-order valence-corrected chi connectivity index (χ3v) is 6.11. The van der Waals surface area contributed by atoms with Crippen LogP contribution in [0, 0.1) is 6.92 Å². The number of likely N-dealkylation sites (tertiary alicyclic amines) is 1. The molecule has 0 saturated carbocycles. The molecular weight excluding hydrogens is 380 g/mol. The maximum atomic E-state index is 12.5. The van der Waals surface area contributed by atoms with Crippen molar-refractivity contribution in [3.8, 4) is 0 Å². The Bertz CT molecular complexity index is 1100. The molecule has 1 aromatic carbocycles. The minimum Gasteiger partial charge on any atom is -0.422 e. The van der Waals surface area contributed by atoms with Crippen LogP contribution in [0.2, 0.25) is 0 Å². The first-order chi connectivity index (χ1) is 14.6. The van der Waals surface area contributed by atoms with Gasteiger partial charge in [-0.1, -0.05) is 25.0 Å². The number of benzene rings is 1. The first-order valence-corrected chi connectivity index (χ1v) is 11.0. The van der Waals surface area contributed by atoms with E-state index < -0.39 is 5.63 Å². The molecule has 0 radical (unpaired) electrons. The highest BCUT2D eigenvalue weighted by molar-refractivity contribution is 6.02. The van der Waals surface area contributed by atoms with Crippen LogP contribution in [0.15, 0.2) is 33.6 Å². The molecule has 1 aliphatic heterocycles. The van der Waals surface area contributed by atoms with E-state index in [4.69, 9.17) is 4.42 Å². The average Bonchev–Trinajstić information content (AvgIpc) is 3.16. The number of carbonyl (C=O) groups is 1. The Balaban J connectivity index is 1.40. The fourth-order valence-electron chi connectivity index (χ4n) is 4.53. The fourth-order valence-corrected chi connectivity index (χ4v) is 4.53. The molecule has 1 atom stereocenters. The van der Waals surface area contributed by atoms with Gasteiger partial charge in [0.05, 0.1) is 11.7 Å². The monoisotopic (exact) mass is 410 g/mol. The number of rotatable bonds is 7. The summed E-state index contributed by atoms with van der Waals surface area (Å²) in [5.41, 5.74) is 1.78. The van der Waals surface area contributed by atoms with Crippen LogP contribution in [0.4, 0.5) is 0 Å². The molecule has 7 nitrogen and oxygen atoms in total. The SMILES string of the molecule is CC[C@H]1CCCCN1CCCNC(=O)Cn1ncc2c(=O)oc3ccc(C)cc3c21. The molecule has 4 rings (SSSR count). The zero-order chi connectivity index (χ0) is 21.1. The van der Waals surface area contributed by atoms with Crippen molar-refractivity contribution in [3.05, 3.63) is 40.4 Å². The Morgan fingerprint density at radius 2 is 2.17 bits per heavy atom. The summed E-state index contributed by atoms with van der Waals surface area (Å²) < 4.78 is 6.99. The van der Waals surface area contributed by atoms with E-state index in [2.05, 4.69) is 22.2 Å². The van der Waals surface area contributed by atoms with Gasteiger partial charge in [-0.3, -0.25) is 9.48 Å². The first-order valence-electron chi connectivity index (χ1n) is 11.0. The Labute approximate surface area is 176 Å². The van der Waals surface area contributed by atoms with Crippen LogP contribution in [-0.4, -0.2) is 46.3 Å². The number of amides is 1. The zero-order valence-corrected chi connectivity index (χ0v) is 17.8. The quantitative estimate of drug-likeness (QED) is 0.478. The highest BCUT2D eigenvalue weighted by Crippen LogP contribution is 2.24. The van der Waals surface area contributed by atoms with Crippen LogP contribution in [0.3, 0.4) is 0 Å². The van der Waals surface area contributed by atoms with Crippen LogP contribution in [0.5, 0.6) is 0 Å². The summed E-state index contributed by atoms with van der Waals surface area (Å²) in [4.78, 5) is 27.4. The second-order valence-corrected chi connectivity index (χ2v) is 8.25. The van der Waals surface area contributed by atoms with Crippen molar-refractivity contribution in [1.82, 2.24) is 20.0 Å². The molecule has 0 bridgehead atoms. The predicted octanol–water partition coefficient (Wildman–Crippen LogP) is 3.22. The molecule has 1 N–H and O–H groups in total. The molecule has 1 saturated heterocycles. The second kappa shape index (κ2) is 9.00. The number of carbonyl (C=O) groups excluding carboxylic acids is 1. The van der Waals surface area contributed by atoms with Crippen molar-refractivity contribution in [3.63, 3.8) is 0 Å². The summed E-state index contributed by atoms with van der Waals surface area (Å²) in [6.45, 7) is 7.15. The summed E-state index contributed by atoms with van der Waals surface area (Å²) in [6, 6.07) is 6.33. The molecule has 3 aromatic rings. The Kier molecular flexibility index (Phi) is 6.18. The van der Waals surface area contributed by atoms with Crippen molar-refractivity contribution in [2.75, 3.05) is 19.6 Å². The van der Waals surface area contributed by atoms with Gasteiger partial charge < -0.3 is 14.6 Å². The van der Waals surface area contributed by atoms with Gasteiger partial charge in [-0.2, -0.15) is 5.10 Å². The van der Waals surface area contributed by atoms with Gasteiger partial charge in [-0.25, -0.2) is 4.79 Å². The van der Waals surface area contributed by atoms with E-state index in [-0.39, 0.29) is 12.5 Å². The summed E-state index contributed by atoms with van der Waals surface area (Å²) in [5.74, 6) is -0.0975. The van der Waals surface area contributed by atoms with Gasteiger partial charge in [-0.05, 0) is 51.3 Å². The third-order valence-electron chi connectivity index (χ3n) is 6.11. The molecule has 1 amide bonds. The van der Waals surface area contributed by atoms with E-state index in [1.807, 2.05) is 19.1 Å². The lowest BCUT2D eigenvalue weighted by Gasteiger charge is -2.35. The van der Waals surface area contributed by atoms with Crippen LogP contribution < -0.4 is 10.9 Å². The van der Waals surface area contributed by atoms with Crippen molar-refractivity contribution < 1.29 is 9.21 Å². The third kappa shape index (κ3) is 4.26. The lowest BCUT2D eigenvalue weighted by atomic mass is 10.00. The summed E-state index contributed by atoms with van der Waals surface area (Å²) in [6.07, 6.45) is 7.51. The van der Waals surface area contributed by atoms with E-state index in [1.54, 1.807) is 10.7 Å². The smallest absolute Gasteiger partial charge is 0.347 e. The number of aromatic nitrogens is 2. The predicted molar refractivity (Wildman–Crippen MR) is 118 cm³/mol. The van der Waals surface area contributed by atoms with Crippen LogP contribution in [0.1, 0.15) is 44.6 Å². The zero-order valence-electron chi connectivity index (χ0n) is 17.8. The molecule has 1 aliphatic rings. The number of hydrogen-bond acceptors (Lipinski definition) is 5. The molecular formula is C23H30N4O3. The largest absolute Gasteiger partial charge is 0.422 e. The molecule has 0 unspecified atom stereocenters. The average molecular weight is 411 g/mol. The first kappa shape index (κ1) is 20.6. The molecule has 7 heteroatoms. The second-order valence-electron chi connectivity index (χ2n) is 8.25. The van der Waals surface area contributed by atoms with Gasteiger partial charge >= 0.3 is 5.63 Å². The number of aryl methyl sites for hydroxylation is 1. The minimum absolute atomic E-state index is 0.0806. The number of hydrogen-bond donors (Lipinski definition) is 1. The summed E-state index contributed by atoms with van der Waals surface area (Å²) >= 11 is 0. The maximum Gasteiger partial charge on any atom is 0.347 e. The molecule has 0 aliphatic carbocycles. The van der Waals surface area contributed by atoms with Crippen LogP contribution in [0.25, 0.3) is 21.9 Å². The number of fused-ring (bicyclic) bond motifs is 3. The Morgan fingerprint density at radius 1 is 1.30 bits per heavy atom. The van der Waals surface area contributed by atoms with Crippen molar-refractivity contribution >= 4 is 27.8 Å². The van der Waals surface area contributed by atoms with E-state index in [1.165, 1.54) is 38.4 Å². The summed E-state index contributed by atoms with van der Waals surface area (Å²) in [7, 11) is 0. The number of piperidine rings is 1. The number of nitrogens with zero attached hydrogens (tertiary/aromatic N) is 3. The topological polar surface area (TPSA) is 80.4 Å². The van der Waals surface area contributed by atoms with Gasteiger partial charge in [0.25, 0.3) is 0 Å². The van der Waals surface area contributed by atoms with Gasteiger partial charge in [0.15, 0.2) is 0 Å². The Morgan fingerprint density at radius 3 is 3.00 bits per heavy atom. The normalized spacial score (nSPS) is 17.6. The van der Waals surface area contributed by atoms with Gasteiger partial charge in [-0.15, -0.1) is 0 Å². The van der Waals surface area contributed by atoms with E-state index in [9.17, 15) is 9.59 Å². The van der Waals surface area contributed by atoms with Crippen molar-refractivity contribution in [2.24, 2.45) is 0 Å². The standard InChI is InChI=1S/C23H30N4O3/c1-3-17-7-4-5-11-26(17)12-6-10-24-21(28)15-27-22-18-13-16(2)8-9-20(18)30-23(29)19(22)14-25-27/h8-9,13-14,17H,3-7,10-12,15H2,1-2H3,(H,24,28)/t17-/m0/s1. The van der Waals surface area contributed by atoms with E-state index in [0.29, 0.717) is 29.1 Å². The highest BCUT2D eigenvalue weighted by Gasteiger charge is 2.20. The minimum atomic E-state index is -0.431.